The Balaban J connectivity index is 2.50. The summed E-state index contributed by atoms with van der Waals surface area (Å²) in [7, 11) is 0. The van der Waals surface area contributed by atoms with Crippen molar-refractivity contribution >= 4 is 5.97 Å². The van der Waals surface area contributed by atoms with Gasteiger partial charge in [0.2, 0.25) is 0 Å². The largest absolute Gasteiger partial charge is 0.478 e. The van der Waals surface area contributed by atoms with E-state index in [9.17, 15) is 4.79 Å². The Morgan fingerprint density at radius 1 is 1.38 bits per heavy atom. The van der Waals surface area contributed by atoms with Gasteiger partial charge in [-0.3, -0.25) is 0 Å². The molecule has 0 fully saturated rings. The zero-order valence-corrected chi connectivity index (χ0v) is 9.77. The fourth-order valence-electron chi connectivity index (χ4n) is 1.45. The second-order valence-electron chi connectivity index (χ2n) is 4.18. The van der Waals surface area contributed by atoms with Crippen molar-refractivity contribution in [1.82, 2.24) is 0 Å². The molecule has 0 aliphatic heterocycles. The van der Waals surface area contributed by atoms with Gasteiger partial charge in [-0.15, -0.1) is 0 Å². The summed E-state index contributed by atoms with van der Waals surface area (Å²) in [4.78, 5) is 10.9. The second kappa shape index (κ2) is 6.28. The van der Waals surface area contributed by atoms with Gasteiger partial charge in [-0.05, 0) is 24.0 Å². The minimum absolute atomic E-state index is 0.371. The Kier molecular flexibility index (Phi) is 4.99. The van der Waals surface area contributed by atoms with Crippen LogP contribution in [-0.4, -0.2) is 24.3 Å². The van der Waals surface area contributed by atoms with E-state index in [0.29, 0.717) is 24.5 Å². The molecule has 0 unspecified atom stereocenters. The van der Waals surface area contributed by atoms with Crippen LogP contribution in [-0.2, 0) is 11.2 Å². The molecule has 0 aromatic heterocycles. The first kappa shape index (κ1) is 12.7. The molecule has 3 heteroatoms. The summed E-state index contributed by atoms with van der Waals surface area (Å²) in [5.74, 6) is -0.367. The Bertz CT molecular complexity index is 345. The third-order valence-corrected chi connectivity index (χ3v) is 2.21. The lowest BCUT2D eigenvalue weighted by atomic mass is 10.1. The van der Waals surface area contributed by atoms with E-state index in [2.05, 4.69) is 13.8 Å². The summed E-state index contributed by atoms with van der Waals surface area (Å²) in [5.41, 5.74) is 1.20. The molecule has 0 aliphatic carbocycles. The van der Waals surface area contributed by atoms with Crippen LogP contribution in [0.4, 0.5) is 0 Å². The quantitative estimate of drug-likeness (QED) is 0.752. The molecule has 0 bridgehead atoms. The lowest BCUT2D eigenvalue weighted by molar-refractivity contribution is 0.0694. The fourth-order valence-corrected chi connectivity index (χ4v) is 1.45. The summed E-state index contributed by atoms with van der Waals surface area (Å²) in [6.45, 7) is 5.47. The van der Waals surface area contributed by atoms with Crippen LogP contribution in [0.25, 0.3) is 0 Å². The van der Waals surface area contributed by atoms with E-state index >= 15 is 0 Å². The van der Waals surface area contributed by atoms with Gasteiger partial charge < -0.3 is 9.84 Å². The minimum atomic E-state index is -0.876. The highest BCUT2D eigenvalue weighted by Gasteiger charge is 2.08. The molecule has 1 aromatic carbocycles. The zero-order valence-electron chi connectivity index (χ0n) is 9.77. The molecule has 0 spiro atoms. The number of hydrogen-bond donors (Lipinski definition) is 1. The molecule has 3 nitrogen and oxygen atoms in total. The Morgan fingerprint density at radius 3 is 2.69 bits per heavy atom. The minimum Gasteiger partial charge on any atom is -0.478 e. The topological polar surface area (TPSA) is 46.5 Å². The SMILES string of the molecule is CC(C)COCCc1ccccc1C(=O)O. The van der Waals surface area contributed by atoms with E-state index in [0.717, 1.165) is 12.2 Å². The predicted molar refractivity (Wildman–Crippen MR) is 62.8 cm³/mol. The zero-order chi connectivity index (χ0) is 12.0. The molecule has 1 N–H and O–H groups in total. The van der Waals surface area contributed by atoms with E-state index in [1.165, 1.54) is 0 Å². The maximum absolute atomic E-state index is 10.9. The first-order valence-corrected chi connectivity index (χ1v) is 5.50. The number of hydrogen-bond acceptors (Lipinski definition) is 2. The lowest BCUT2D eigenvalue weighted by Gasteiger charge is -2.08. The van der Waals surface area contributed by atoms with Crippen molar-refractivity contribution in [2.45, 2.75) is 20.3 Å². The van der Waals surface area contributed by atoms with Crippen LogP contribution in [0.5, 0.6) is 0 Å². The number of carboxylic acid groups (broad SMARTS) is 1. The van der Waals surface area contributed by atoms with Crippen molar-refractivity contribution in [2.24, 2.45) is 5.92 Å². The van der Waals surface area contributed by atoms with Gasteiger partial charge in [-0.25, -0.2) is 4.79 Å². The number of carboxylic acids is 1. The van der Waals surface area contributed by atoms with Gasteiger partial charge in [-0.1, -0.05) is 32.0 Å². The first-order valence-electron chi connectivity index (χ1n) is 5.50. The third kappa shape index (κ3) is 4.03. The molecule has 0 heterocycles. The molecule has 1 aromatic rings. The maximum atomic E-state index is 10.9. The van der Waals surface area contributed by atoms with Crippen molar-refractivity contribution in [3.63, 3.8) is 0 Å². The predicted octanol–water partition coefficient (Wildman–Crippen LogP) is 2.60. The molecule has 16 heavy (non-hydrogen) atoms. The van der Waals surface area contributed by atoms with Crippen LogP contribution in [0.3, 0.4) is 0 Å². The van der Waals surface area contributed by atoms with Crippen LogP contribution in [0.1, 0.15) is 29.8 Å². The summed E-state index contributed by atoms with van der Waals surface area (Å²) in [6.07, 6.45) is 0.648. The molecule has 0 radical (unpaired) electrons. The highest BCUT2D eigenvalue weighted by Crippen LogP contribution is 2.09. The molecule has 0 atom stereocenters. The first-order chi connectivity index (χ1) is 7.61. The number of rotatable bonds is 6. The standard InChI is InChI=1S/C13H18O3/c1-10(2)9-16-8-7-11-5-3-4-6-12(11)13(14)15/h3-6,10H,7-9H2,1-2H3,(H,14,15). The van der Waals surface area contributed by atoms with E-state index in [-0.39, 0.29) is 0 Å². The average molecular weight is 222 g/mol. The van der Waals surface area contributed by atoms with E-state index in [1.54, 1.807) is 12.1 Å². The lowest BCUT2D eigenvalue weighted by Crippen LogP contribution is -2.08. The molecule has 1 rings (SSSR count). The molecule has 0 saturated carbocycles. The highest BCUT2D eigenvalue weighted by atomic mass is 16.5. The van der Waals surface area contributed by atoms with E-state index < -0.39 is 5.97 Å². The number of ether oxygens (including phenoxy) is 1. The molecule has 88 valence electrons. The average Bonchev–Trinajstić information content (AvgIpc) is 2.24. The molecule has 0 saturated heterocycles. The monoisotopic (exact) mass is 222 g/mol. The molecule has 0 aliphatic rings. The number of aromatic carboxylic acids is 1. The molecular weight excluding hydrogens is 204 g/mol. The second-order valence-corrected chi connectivity index (χ2v) is 4.18. The summed E-state index contributed by atoms with van der Waals surface area (Å²) in [5, 5.41) is 8.97. The van der Waals surface area contributed by atoms with Gasteiger partial charge in [0, 0.05) is 6.61 Å². The Labute approximate surface area is 96.1 Å². The van der Waals surface area contributed by atoms with Crippen molar-refractivity contribution in [3.05, 3.63) is 35.4 Å². The Hall–Kier alpha value is -1.35. The van der Waals surface area contributed by atoms with Crippen LogP contribution in [0.15, 0.2) is 24.3 Å². The number of carbonyl (C=O) groups is 1. The summed E-state index contributed by atoms with van der Waals surface area (Å²) >= 11 is 0. The maximum Gasteiger partial charge on any atom is 0.335 e. The van der Waals surface area contributed by atoms with Crippen LogP contribution in [0.2, 0.25) is 0 Å². The van der Waals surface area contributed by atoms with E-state index in [1.807, 2.05) is 12.1 Å². The fraction of sp³-hybridized carbons (Fsp3) is 0.462. The third-order valence-electron chi connectivity index (χ3n) is 2.21. The van der Waals surface area contributed by atoms with Gasteiger partial charge in [0.05, 0.1) is 12.2 Å². The Morgan fingerprint density at radius 2 is 2.06 bits per heavy atom. The smallest absolute Gasteiger partial charge is 0.335 e. The normalized spacial score (nSPS) is 10.7. The van der Waals surface area contributed by atoms with Gasteiger partial charge in [0.1, 0.15) is 0 Å². The number of benzene rings is 1. The van der Waals surface area contributed by atoms with Crippen molar-refractivity contribution in [1.29, 1.82) is 0 Å². The van der Waals surface area contributed by atoms with Crippen LogP contribution < -0.4 is 0 Å². The van der Waals surface area contributed by atoms with Gasteiger partial charge in [-0.2, -0.15) is 0 Å². The van der Waals surface area contributed by atoms with E-state index in [4.69, 9.17) is 9.84 Å². The van der Waals surface area contributed by atoms with Crippen molar-refractivity contribution in [2.75, 3.05) is 13.2 Å². The summed E-state index contributed by atoms with van der Waals surface area (Å²) in [6, 6.07) is 7.05. The van der Waals surface area contributed by atoms with Crippen molar-refractivity contribution < 1.29 is 14.6 Å². The van der Waals surface area contributed by atoms with Gasteiger partial charge in [0.15, 0.2) is 0 Å². The van der Waals surface area contributed by atoms with Crippen LogP contribution in [0, 0.1) is 5.92 Å². The van der Waals surface area contributed by atoms with Gasteiger partial charge in [0.25, 0.3) is 0 Å². The van der Waals surface area contributed by atoms with Crippen molar-refractivity contribution in [3.8, 4) is 0 Å². The van der Waals surface area contributed by atoms with Gasteiger partial charge >= 0.3 is 5.97 Å². The highest BCUT2D eigenvalue weighted by molar-refractivity contribution is 5.89. The summed E-state index contributed by atoms with van der Waals surface area (Å²) < 4.78 is 5.44. The van der Waals surface area contributed by atoms with Crippen LogP contribution >= 0.6 is 0 Å². The molecular formula is C13H18O3. The molecule has 0 amide bonds.